The number of urea groups is 1. The summed E-state index contributed by atoms with van der Waals surface area (Å²) in [6.07, 6.45) is 1.62. The maximum atomic E-state index is 13.5. The van der Waals surface area contributed by atoms with Crippen molar-refractivity contribution in [2.45, 2.75) is 28.5 Å². The molecule has 3 N–H and O–H groups in total. The van der Waals surface area contributed by atoms with Crippen LogP contribution in [-0.2, 0) is 14.6 Å². The average Bonchev–Trinajstić information content (AvgIpc) is 3.80. The summed E-state index contributed by atoms with van der Waals surface area (Å²) in [5.41, 5.74) is 10.4. The summed E-state index contributed by atoms with van der Waals surface area (Å²) in [5.74, 6) is 0.257. The van der Waals surface area contributed by atoms with Gasteiger partial charge < -0.3 is 10.2 Å². The third kappa shape index (κ3) is 5.74. The number of aromatic nitrogens is 6. The van der Waals surface area contributed by atoms with E-state index in [1.807, 2.05) is 24.3 Å². The number of anilines is 1. The number of hydrogen-bond acceptors (Lipinski definition) is 12. The monoisotopic (exact) mass is 656 g/mol. The summed E-state index contributed by atoms with van der Waals surface area (Å²) < 4.78 is 27.1. The van der Waals surface area contributed by atoms with Gasteiger partial charge in [-0.25, -0.2) is 23.2 Å². The van der Waals surface area contributed by atoms with Crippen molar-refractivity contribution in [1.82, 2.24) is 40.8 Å². The molecular weight excluding hydrogens is 633 g/mol. The number of benzene rings is 2. The molecule has 18 heteroatoms. The molecule has 1 saturated heterocycles. The third-order valence-corrected chi connectivity index (χ3v) is 10.6. The summed E-state index contributed by atoms with van der Waals surface area (Å²) in [4.78, 5) is 38.4. The fourth-order valence-electron chi connectivity index (χ4n) is 4.78. The minimum absolute atomic E-state index is 0.0447. The first-order valence-electron chi connectivity index (χ1n) is 13.7. The highest BCUT2D eigenvalue weighted by molar-refractivity contribution is 7.93. The van der Waals surface area contributed by atoms with E-state index in [9.17, 15) is 18.0 Å². The number of tetrazole rings is 1. The van der Waals surface area contributed by atoms with Gasteiger partial charge in [0.15, 0.2) is 0 Å². The Bertz CT molecular complexity index is 2110. The second-order valence-electron chi connectivity index (χ2n) is 10.5. The molecule has 232 valence electrons. The van der Waals surface area contributed by atoms with Gasteiger partial charge in [-0.05, 0) is 60.5 Å². The smallest absolute Gasteiger partial charge is 0.325 e. The molecule has 0 bridgehead atoms. The highest BCUT2D eigenvalue weighted by Gasteiger charge is 2.45. The largest absolute Gasteiger partial charge is 0.352 e. The Morgan fingerprint density at radius 3 is 2.57 bits per heavy atom. The van der Waals surface area contributed by atoms with Crippen molar-refractivity contribution in [2.24, 2.45) is 5.11 Å². The van der Waals surface area contributed by atoms with E-state index in [-0.39, 0.29) is 34.0 Å². The first kappa shape index (κ1) is 30.3. The molecule has 46 heavy (non-hydrogen) atoms. The molecule has 5 aromatic rings. The Kier molecular flexibility index (Phi) is 7.91. The van der Waals surface area contributed by atoms with Crippen LogP contribution in [0.1, 0.15) is 13.8 Å². The van der Waals surface area contributed by atoms with Gasteiger partial charge in [0.2, 0.25) is 21.6 Å². The topological polar surface area (TPSA) is 225 Å². The molecule has 1 aliphatic heterocycles. The predicted molar refractivity (Wildman–Crippen MR) is 167 cm³/mol. The van der Waals surface area contributed by atoms with E-state index in [1.54, 1.807) is 26.1 Å². The number of carbonyl (C=O) groups is 2. The lowest BCUT2D eigenvalue weighted by Gasteiger charge is -2.27. The number of thiophene rings is 1. The molecule has 0 saturated carbocycles. The number of nitrogens with zero attached hydrogens (tertiary/aromatic N) is 9. The highest BCUT2D eigenvalue weighted by Crippen LogP contribution is 2.39. The zero-order valence-electron chi connectivity index (χ0n) is 24.2. The van der Waals surface area contributed by atoms with Gasteiger partial charge in [0.25, 0.3) is 5.91 Å². The van der Waals surface area contributed by atoms with Crippen LogP contribution >= 0.6 is 11.3 Å². The first-order valence-corrected chi connectivity index (χ1v) is 16.0. The maximum Gasteiger partial charge on any atom is 0.325 e. The summed E-state index contributed by atoms with van der Waals surface area (Å²) in [6, 6.07) is 15.7. The van der Waals surface area contributed by atoms with Crippen LogP contribution in [0.25, 0.3) is 43.5 Å². The predicted octanol–water partition coefficient (Wildman–Crippen LogP) is 4.57. The van der Waals surface area contributed by atoms with Gasteiger partial charge in [-0.15, -0.1) is 21.5 Å². The lowest BCUT2D eigenvalue weighted by molar-refractivity contribution is -0.125. The van der Waals surface area contributed by atoms with Crippen molar-refractivity contribution in [1.29, 1.82) is 0 Å². The van der Waals surface area contributed by atoms with Crippen LogP contribution in [0.2, 0.25) is 0 Å². The Hall–Kier alpha value is -5.71. The highest BCUT2D eigenvalue weighted by atomic mass is 32.2. The molecule has 0 unspecified atom stereocenters. The number of aromatic amines is 1. The number of nitrogens with one attached hydrogen (secondary N) is 3. The molecule has 3 aromatic heterocycles. The van der Waals surface area contributed by atoms with E-state index in [4.69, 9.17) is 10.5 Å². The molecule has 16 nitrogen and oxygen atoms in total. The SMILES string of the molecule is CC1(C)C(=O)NC(=O)N1CCNc1ncc(-c2cccc(-c3nn[nH]n3)c2)c(-c2ccc(S(=O)(=O)c3ccc(N=[N+]=[N-])cc3)s2)n1. The average molecular weight is 657 g/mol. The van der Waals surface area contributed by atoms with E-state index >= 15 is 0 Å². The summed E-state index contributed by atoms with van der Waals surface area (Å²) in [7, 11) is -3.90. The number of azide groups is 1. The van der Waals surface area contributed by atoms with Gasteiger partial charge in [0.1, 0.15) is 9.75 Å². The number of H-pyrrole nitrogens is 1. The second-order valence-corrected chi connectivity index (χ2v) is 13.7. The Balaban J connectivity index is 1.35. The van der Waals surface area contributed by atoms with Gasteiger partial charge in [0, 0.05) is 41.0 Å². The number of sulfone groups is 1. The minimum Gasteiger partial charge on any atom is -0.352 e. The van der Waals surface area contributed by atoms with Gasteiger partial charge in [0.05, 0.1) is 15.5 Å². The molecule has 0 spiro atoms. The molecule has 0 atom stereocenters. The van der Waals surface area contributed by atoms with Crippen LogP contribution < -0.4 is 10.6 Å². The number of rotatable bonds is 10. The fourth-order valence-corrected chi connectivity index (χ4v) is 7.49. The van der Waals surface area contributed by atoms with Crippen molar-refractivity contribution < 1.29 is 18.0 Å². The molecular formula is C28H24N12O4S2. The third-order valence-electron chi connectivity index (χ3n) is 7.27. The number of hydrogen-bond donors (Lipinski definition) is 3. The van der Waals surface area contributed by atoms with Crippen molar-refractivity contribution in [3.63, 3.8) is 0 Å². The minimum atomic E-state index is -3.90. The van der Waals surface area contributed by atoms with E-state index in [0.717, 1.165) is 16.9 Å². The quantitative estimate of drug-likeness (QED) is 0.0821. The van der Waals surface area contributed by atoms with Crippen molar-refractivity contribution >= 4 is 44.7 Å². The summed E-state index contributed by atoms with van der Waals surface area (Å²) >= 11 is 1.04. The van der Waals surface area contributed by atoms with E-state index < -0.39 is 21.4 Å². The lowest BCUT2D eigenvalue weighted by Crippen LogP contribution is -2.46. The molecule has 2 aromatic carbocycles. The van der Waals surface area contributed by atoms with Crippen LogP contribution in [0.5, 0.6) is 0 Å². The normalized spacial score (nSPS) is 14.2. The lowest BCUT2D eigenvalue weighted by atomic mass is 10.0. The van der Waals surface area contributed by atoms with Gasteiger partial charge in [-0.2, -0.15) is 5.21 Å². The van der Waals surface area contributed by atoms with E-state index in [2.05, 4.69) is 46.3 Å². The Morgan fingerprint density at radius 2 is 1.87 bits per heavy atom. The van der Waals surface area contributed by atoms with Gasteiger partial charge >= 0.3 is 6.03 Å². The first-order chi connectivity index (χ1) is 22.1. The zero-order valence-corrected chi connectivity index (χ0v) is 25.9. The van der Waals surface area contributed by atoms with Crippen molar-refractivity contribution in [3.05, 3.63) is 77.3 Å². The molecule has 3 amide bonds. The van der Waals surface area contributed by atoms with Crippen LogP contribution in [0.15, 0.2) is 81.1 Å². The van der Waals surface area contributed by atoms with Gasteiger partial charge in [-0.1, -0.05) is 35.4 Å². The van der Waals surface area contributed by atoms with Crippen LogP contribution in [0, 0.1) is 0 Å². The van der Waals surface area contributed by atoms with Crippen molar-refractivity contribution in [3.8, 4) is 33.1 Å². The van der Waals surface area contributed by atoms with Crippen LogP contribution in [0.3, 0.4) is 0 Å². The van der Waals surface area contributed by atoms with E-state index in [0.29, 0.717) is 33.2 Å². The van der Waals surface area contributed by atoms with Crippen molar-refractivity contribution in [2.75, 3.05) is 18.4 Å². The summed E-state index contributed by atoms with van der Waals surface area (Å²) in [5, 5.41) is 23.1. The van der Waals surface area contributed by atoms with Gasteiger partial charge in [-0.3, -0.25) is 10.1 Å². The molecule has 0 radical (unpaired) electrons. The standard InChI is InChI=1S/C28H24N12O4S2/c1-28(2)25(41)33-27(42)40(28)13-12-30-26-31-15-20(16-4-3-5-17(14-16)24-35-38-39-36-24)23(32-26)21-10-11-22(45-21)46(43,44)19-8-6-18(7-9-19)34-37-29/h3-11,14-15H,12-13H2,1-2H3,(H,30,31,32)(H,33,41,42)(H,35,36,38,39). The fraction of sp³-hybridized carbons (Fsp3) is 0.179. The molecule has 1 aliphatic rings. The molecule has 6 rings (SSSR count). The molecule has 4 heterocycles. The van der Waals surface area contributed by atoms with Crippen LogP contribution in [0.4, 0.5) is 16.4 Å². The number of amides is 3. The zero-order chi connectivity index (χ0) is 32.5. The Morgan fingerprint density at radius 1 is 1.09 bits per heavy atom. The van der Waals surface area contributed by atoms with Crippen LogP contribution in [-0.4, -0.2) is 74.5 Å². The molecule has 1 fully saturated rings. The Labute approximate surface area is 265 Å². The number of carbonyl (C=O) groups excluding carboxylic acids is 2. The second kappa shape index (κ2) is 12.0. The summed E-state index contributed by atoms with van der Waals surface area (Å²) in [6.45, 7) is 3.77. The number of imide groups is 1. The maximum absolute atomic E-state index is 13.5. The van der Waals surface area contributed by atoms with E-state index in [1.165, 1.54) is 35.2 Å². The molecule has 0 aliphatic carbocycles.